The number of furan rings is 1. The number of para-hydroxylation sites is 2. The van der Waals surface area contributed by atoms with Crippen molar-refractivity contribution >= 4 is 65.0 Å². The Morgan fingerprint density at radius 3 is 1.27 bits per heavy atom. The zero-order chi connectivity index (χ0) is 41.1. The maximum Gasteiger partial charge on any atom is 0.143 e. The summed E-state index contributed by atoms with van der Waals surface area (Å²) in [5, 5.41) is 12.6. The molecule has 62 heavy (non-hydrogen) atoms. The topological polar surface area (TPSA) is 13.1 Å². The van der Waals surface area contributed by atoms with Crippen molar-refractivity contribution < 1.29 is 4.42 Å². The van der Waals surface area contributed by atoms with Gasteiger partial charge in [-0.1, -0.05) is 214 Å². The molecule has 1 heteroatoms. The van der Waals surface area contributed by atoms with E-state index >= 15 is 0 Å². The van der Waals surface area contributed by atoms with Gasteiger partial charge < -0.3 is 4.42 Å². The molecule has 0 bridgehead atoms. The zero-order valence-corrected chi connectivity index (χ0v) is 34.5. The van der Waals surface area contributed by atoms with Crippen molar-refractivity contribution in [2.75, 3.05) is 0 Å². The molecule has 1 aliphatic rings. The molecule has 0 saturated heterocycles. The Bertz CT molecular complexity index is 3750. The number of rotatable bonds is 4. The van der Waals surface area contributed by atoms with Gasteiger partial charge in [0, 0.05) is 21.8 Å². The Labute approximate surface area is 360 Å². The molecule has 0 amide bonds. The van der Waals surface area contributed by atoms with Crippen molar-refractivity contribution in [2.24, 2.45) is 0 Å². The lowest BCUT2D eigenvalue weighted by Crippen LogP contribution is -2.15. The first-order valence-electron chi connectivity index (χ1n) is 21.7. The van der Waals surface area contributed by atoms with E-state index in [1.54, 1.807) is 0 Å². The smallest absolute Gasteiger partial charge is 0.143 e. The molecule has 1 aromatic heterocycles. The zero-order valence-electron chi connectivity index (χ0n) is 34.5. The summed E-state index contributed by atoms with van der Waals surface area (Å²) in [5.74, 6) is 0. The van der Waals surface area contributed by atoms with Gasteiger partial charge in [0.15, 0.2) is 0 Å². The fourth-order valence-corrected chi connectivity index (χ4v) is 11.1. The van der Waals surface area contributed by atoms with Gasteiger partial charge in [0.2, 0.25) is 0 Å². The van der Waals surface area contributed by atoms with E-state index < -0.39 is 0 Å². The Kier molecular flexibility index (Phi) is 7.42. The molecule has 0 radical (unpaired) electrons. The van der Waals surface area contributed by atoms with Crippen LogP contribution < -0.4 is 0 Å². The van der Waals surface area contributed by atoms with Crippen LogP contribution in [0.3, 0.4) is 0 Å². The van der Waals surface area contributed by atoms with Gasteiger partial charge in [-0.3, -0.25) is 0 Å². The SMILES string of the molecule is CC1(C)c2cccc(-c3ccc(-c4c5ccccc5c(-c5ccc(-c6cccc7c6oc6ccccc67)cc5)c5ccccc45)cc3)c2-c2c1c1ccccc1c1ccccc21. The third-order valence-electron chi connectivity index (χ3n) is 13.9. The van der Waals surface area contributed by atoms with Gasteiger partial charge in [-0.2, -0.15) is 0 Å². The van der Waals surface area contributed by atoms with Gasteiger partial charge in [0.25, 0.3) is 0 Å². The van der Waals surface area contributed by atoms with Gasteiger partial charge >= 0.3 is 0 Å². The standard InChI is InChI=1S/C61H40O/c1-61(2)53-27-14-24-41(57(53)58-46-18-5-3-15-43(46)44-16-4-10-23-51(44)59(58)61)37-29-33-39(34-30-37)55-47-19-6-8-21-49(47)56(50-22-9-7-20-48(50)55)40-35-31-38(32-36-40)42-25-13-26-52-45-17-11-12-28-54(45)62-60(42)52/h3-36H,1-2H3. The van der Waals surface area contributed by atoms with Crippen molar-refractivity contribution in [1.82, 2.24) is 0 Å². The van der Waals surface area contributed by atoms with Gasteiger partial charge in [-0.15, -0.1) is 0 Å². The summed E-state index contributed by atoms with van der Waals surface area (Å²) in [5.41, 5.74) is 17.0. The van der Waals surface area contributed by atoms with Crippen LogP contribution in [-0.2, 0) is 5.41 Å². The predicted molar refractivity (Wildman–Crippen MR) is 263 cm³/mol. The highest BCUT2D eigenvalue weighted by Crippen LogP contribution is 2.57. The Balaban J connectivity index is 0.947. The molecule has 1 heterocycles. The van der Waals surface area contributed by atoms with Crippen LogP contribution in [0.5, 0.6) is 0 Å². The van der Waals surface area contributed by atoms with E-state index in [0.29, 0.717) is 0 Å². The molecule has 0 spiro atoms. The average Bonchev–Trinajstić information content (AvgIpc) is 3.83. The fraction of sp³-hybridized carbons (Fsp3) is 0.0492. The maximum absolute atomic E-state index is 6.43. The summed E-state index contributed by atoms with van der Waals surface area (Å²) >= 11 is 0. The van der Waals surface area contributed by atoms with E-state index in [1.165, 1.54) is 98.7 Å². The highest BCUT2D eigenvalue weighted by Gasteiger charge is 2.39. The number of hydrogen-bond acceptors (Lipinski definition) is 1. The Hall–Kier alpha value is -7.74. The quantitative estimate of drug-likeness (QED) is 0.128. The lowest BCUT2D eigenvalue weighted by Gasteiger charge is -2.24. The first-order valence-corrected chi connectivity index (χ1v) is 21.7. The summed E-state index contributed by atoms with van der Waals surface area (Å²) < 4.78 is 6.43. The van der Waals surface area contributed by atoms with E-state index in [1.807, 2.05) is 12.1 Å². The summed E-state index contributed by atoms with van der Waals surface area (Å²) in [6.45, 7) is 4.81. The summed E-state index contributed by atoms with van der Waals surface area (Å²) in [4.78, 5) is 0. The number of benzene rings is 11. The monoisotopic (exact) mass is 788 g/mol. The van der Waals surface area contributed by atoms with Crippen LogP contribution in [0.25, 0.3) is 121 Å². The van der Waals surface area contributed by atoms with Crippen molar-refractivity contribution in [3.05, 3.63) is 217 Å². The van der Waals surface area contributed by atoms with Crippen LogP contribution in [0.4, 0.5) is 0 Å². The normalized spacial score (nSPS) is 13.1. The van der Waals surface area contributed by atoms with Crippen molar-refractivity contribution in [3.8, 4) is 55.6 Å². The average molecular weight is 789 g/mol. The molecular weight excluding hydrogens is 749 g/mol. The molecule has 0 fully saturated rings. The van der Waals surface area contributed by atoms with Crippen molar-refractivity contribution in [3.63, 3.8) is 0 Å². The molecule has 0 aliphatic heterocycles. The molecule has 290 valence electrons. The highest BCUT2D eigenvalue weighted by molar-refractivity contribution is 6.22. The van der Waals surface area contributed by atoms with E-state index in [9.17, 15) is 0 Å². The van der Waals surface area contributed by atoms with Crippen molar-refractivity contribution in [2.45, 2.75) is 19.3 Å². The van der Waals surface area contributed by atoms with E-state index in [-0.39, 0.29) is 5.41 Å². The van der Waals surface area contributed by atoms with Crippen LogP contribution in [-0.4, -0.2) is 0 Å². The molecule has 0 unspecified atom stereocenters. The molecule has 12 aromatic rings. The second kappa shape index (κ2) is 13.1. The molecule has 0 N–H and O–H groups in total. The van der Waals surface area contributed by atoms with Crippen LogP contribution in [0.1, 0.15) is 25.0 Å². The third-order valence-corrected chi connectivity index (χ3v) is 13.9. The van der Waals surface area contributed by atoms with Gasteiger partial charge in [-0.25, -0.2) is 0 Å². The number of fused-ring (bicyclic) bond motifs is 13. The predicted octanol–water partition coefficient (Wildman–Crippen LogP) is 17.2. The largest absolute Gasteiger partial charge is 0.455 e. The molecule has 0 saturated carbocycles. The van der Waals surface area contributed by atoms with E-state index in [2.05, 4.69) is 208 Å². The highest BCUT2D eigenvalue weighted by atomic mass is 16.3. The molecule has 1 nitrogen and oxygen atoms in total. The number of hydrogen-bond donors (Lipinski definition) is 0. The van der Waals surface area contributed by atoms with Gasteiger partial charge in [-0.05, 0) is 110 Å². The van der Waals surface area contributed by atoms with E-state index in [4.69, 9.17) is 4.42 Å². The summed E-state index contributed by atoms with van der Waals surface area (Å²) in [6.07, 6.45) is 0. The first-order chi connectivity index (χ1) is 30.5. The molecule has 0 atom stereocenters. The van der Waals surface area contributed by atoms with Gasteiger partial charge in [0.05, 0.1) is 0 Å². The molecular formula is C61H40O. The van der Waals surface area contributed by atoms with Crippen LogP contribution in [0, 0.1) is 0 Å². The van der Waals surface area contributed by atoms with Crippen LogP contribution in [0.15, 0.2) is 211 Å². The maximum atomic E-state index is 6.43. The summed E-state index contributed by atoms with van der Waals surface area (Å²) in [7, 11) is 0. The van der Waals surface area contributed by atoms with Crippen LogP contribution >= 0.6 is 0 Å². The molecule has 13 rings (SSSR count). The van der Waals surface area contributed by atoms with Crippen molar-refractivity contribution in [1.29, 1.82) is 0 Å². The first kappa shape index (κ1) is 35.1. The minimum Gasteiger partial charge on any atom is -0.455 e. The van der Waals surface area contributed by atoms with Gasteiger partial charge in [0.1, 0.15) is 11.2 Å². The van der Waals surface area contributed by atoms with Crippen LogP contribution in [0.2, 0.25) is 0 Å². The molecule has 11 aromatic carbocycles. The minimum absolute atomic E-state index is 0.146. The Morgan fingerprint density at radius 2 is 0.694 bits per heavy atom. The lowest BCUT2D eigenvalue weighted by molar-refractivity contribution is 0.666. The Morgan fingerprint density at radius 1 is 0.290 bits per heavy atom. The summed E-state index contributed by atoms with van der Waals surface area (Å²) in [6, 6.07) is 75.9. The minimum atomic E-state index is -0.146. The fourth-order valence-electron chi connectivity index (χ4n) is 11.1. The van der Waals surface area contributed by atoms with E-state index in [0.717, 1.165) is 33.1 Å². The third kappa shape index (κ3) is 4.91. The molecule has 1 aliphatic carbocycles. The lowest BCUT2D eigenvalue weighted by atomic mass is 9.79. The second-order valence-electron chi connectivity index (χ2n) is 17.5. The second-order valence-corrected chi connectivity index (χ2v) is 17.5.